The topological polar surface area (TPSA) is 45.9 Å². The van der Waals surface area contributed by atoms with Gasteiger partial charge >= 0.3 is 0 Å². The summed E-state index contributed by atoms with van der Waals surface area (Å²) in [7, 11) is 0. The highest BCUT2D eigenvalue weighted by Crippen LogP contribution is 2.46. The Morgan fingerprint density at radius 2 is 2.04 bits per heavy atom. The van der Waals surface area contributed by atoms with Gasteiger partial charge in [-0.25, -0.2) is 0 Å². The maximum Gasteiger partial charge on any atom is 0.257 e. The van der Waals surface area contributed by atoms with Gasteiger partial charge in [-0.3, -0.25) is 4.79 Å². The molecule has 0 unspecified atom stereocenters. The summed E-state index contributed by atoms with van der Waals surface area (Å²) in [4.78, 5) is 17.5. The largest absolute Gasteiger partial charge is 0.472 e. The molecule has 2 aliphatic carbocycles. The van der Waals surface area contributed by atoms with Gasteiger partial charge in [-0.15, -0.1) is 0 Å². The lowest BCUT2D eigenvalue weighted by Gasteiger charge is -2.30. The molecule has 2 saturated carbocycles. The highest BCUT2D eigenvalue weighted by atomic mass is 16.5. The van der Waals surface area contributed by atoms with Crippen molar-refractivity contribution in [2.45, 2.75) is 32.1 Å². The van der Waals surface area contributed by atoms with Gasteiger partial charge in [0.2, 0.25) is 0 Å². The van der Waals surface area contributed by atoms with Crippen molar-refractivity contribution in [2.24, 2.45) is 23.2 Å². The van der Waals surface area contributed by atoms with Crippen molar-refractivity contribution in [1.82, 2.24) is 9.80 Å². The first-order valence-electron chi connectivity index (χ1n) is 10.3. The zero-order valence-electron chi connectivity index (χ0n) is 15.6. The lowest BCUT2D eigenvalue weighted by molar-refractivity contribution is 0.0529. The molecule has 0 radical (unpaired) electrons. The Labute approximate surface area is 155 Å². The molecule has 1 aromatic heterocycles. The Morgan fingerprint density at radius 1 is 1.19 bits per heavy atom. The number of hydrogen-bond acceptors (Lipinski definition) is 4. The van der Waals surface area contributed by atoms with E-state index in [1.165, 1.54) is 32.2 Å². The number of carbonyl (C=O) groups is 1. The number of amides is 1. The second-order valence-electron chi connectivity index (χ2n) is 9.17. The highest BCUT2D eigenvalue weighted by Gasteiger charge is 2.51. The zero-order chi connectivity index (χ0) is 17.6. The third-order valence-electron chi connectivity index (χ3n) is 6.91. The molecule has 2 aliphatic heterocycles. The molecule has 4 fully saturated rings. The number of nitrogens with zero attached hydrogens (tertiary/aromatic N) is 2. The van der Waals surface area contributed by atoms with Crippen LogP contribution in [0.3, 0.4) is 0 Å². The smallest absolute Gasteiger partial charge is 0.257 e. The van der Waals surface area contributed by atoms with Gasteiger partial charge in [0.05, 0.1) is 18.4 Å². The molecule has 0 bridgehead atoms. The van der Waals surface area contributed by atoms with Crippen molar-refractivity contribution in [3.05, 3.63) is 24.2 Å². The van der Waals surface area contributed by atoms with Crippen LogP contribution in [-0.2, 0) is 4.74 Å². The van der Waals surface area contributed by atoms with Crippen LogP contribution >= 0.6 is 0 Å². The molecule has 2 saturated heterocycles. The Bertz CT molecular complexity index is 638. The summed E-state index contributed by atoms with van der Waals surface area (Å²) < 4.78 is 11.2. The standard InChI is InChI=1S/C21H30N2O3/c24-20(18-5-8-25-12-18)23-7-6-21(15-23)14-22(9-16-1-2-16)10-19(21)13-26-11-17-3-4-17/h5,8,12,16-17,19H,1-4,6-7,9-11,13-15H2/t19-,21+/m1/s1. The van der Waals surface area contributed by atoms with Crippen molar-refractivity contribution in [3.8, 4) is 0 Å². The predicted molar refractivity (Wildman–Crippen MR) is 97.9 cm³/mol. The molecule has 3 heterocycles. The van der Waals surface area contributed by atoms with Crippen molar-refractivity contribution >= 4 is 5.91 Å². The summed E-state index contributed by atoms with van der Waals surface area (Å²) in [6.45, 7) is 7.07. The summed E-state index contributed by atoms with van der Waals surface area (Å²) in [6, 6.07) is 1.78. The van der Waals surface area contributed by atoms with Crippen molar-refractivity contribution < 1.29 is 13.9 Å². The molecule has 0 N–H and O–H groups in total. The van der Waals surface area contributed by atoms with E-state index in [4.69, 9.17) is 9.15 Å². The van der Waals surface area contributed by atoms with Crippen LogP contribution in [0.5, 0.6) is 0 Å². The van der Waals surface area contributed by atoms with Crippen LogP contribution in [0.1, 0.15) is 42.5 Å². The first-order valence-corrected chi connectivity index (χ1v) is 10.3. The second kappa shape index (κ2) is 6.68. The SMILES string of the molecule is O=C(c1ccoc1)N1CC[C@]2(CN(CC3CC3)C[C@@H]2COCC2CC2)C1. The molecule has 142 valence electrons. The van der Waals surface area contributed by atoms with Crippen LogP contribution in [0.15, 0.2) is 23.0 Å². The average molecular weight is 358 g/mol. The quantitative estimate of drug-likeness (QED) is 0.752. The summed E-state index contributed by atoms with van der Waals surface area (Å²) in [5, 5.41) is 0. The fourth-order valence-electron chi connectivity index (χ4n) is 4.94. The normalized spacial score (nSPS) is 32.0. The number of rotatable bonds is 7. The summed E-state index contributed by atoms with van der Waals surface area (Å²) in [5.41, 5.74) is 0.897. The predicted octanol–water partition coefficient (Wildman–Crippen LogP) is 2.88. The minimum Gasteiger partial charge on any atom is -0.472 e. The summed E-state index contributed by atoms with van der Waals surface area (Å²) in [6.07, 6.45) is 9.75. The fraction of sp³-hybridized carbons (Fsp3) is 0.762. The molecule has 1 amide bonds. The Morgan fingerprint density at radius 3 is 2.77 bits per heavy atom. The van der Waals surface area contributed by atoms with Crippen LogP contribution in [0.25, 0.3) is 0 Å². The van der Waals surface area contributed by atoms with Crippen LogP contribution in [0.4, 0.5) is 0 Å². The number of likely N-dealkylation sites (tertiary alicyclic amines) is 2. The monoisotopic (exact) mass is 358 g/mol. The lowest BCUT2D eigenvalue weighted by atomic mass is 9.77. The van der Waals surface area contributed by atoms with Gasteiger partial charge < -0.3 is 19.0 Å². The Kier molecular flexibility index (Phi) is 4.32. The molecule has 1 aromatic rings. The van der Waals surface area contributed by atoms with Gasteiger partial charge in [0.25, 0.3) is 5.91 Å². The molecule has 1 spiro atoms. The summed E-state index contributed by atoms with van der Waals surface area (Å²) in [5.74, 6) is 2.41. The van der Waals surface area contributed by atoms with E-state index in [-0.39, 0.29) is 11.3 Å². The average Bonchev–Trinajstić information content (AvgIpc) is 3.49. The van der Waals surface area contributed by atoms with Crippen LogP contribution < -0.4 is 0 Å². The van der Waals surface area contributed by atoms with Crippen molar-refractivity contribution in [3.63, 3.8) is 0 Å². The molecule has 5 heteroatoms. The Hall–Kier alpha value is -1.33. The molecule has 5 rings (SSSR count). The molecular formula is C21H30N2O3. The number of carbonyl (C=O) groups excluding carboxylic acids is 1. The van der Waals surface area contributed by atoms with E-state index < -0.39 is 0 Å². The molecule has 2 atom stereocenters. The van der Waals surface area contributed by atoms with E-state index in [2.05, 4.69) is 4.90 Å². The van der Waals surface area contributed by atoms with Crippen molar-refractivity contribution in [1.29, 1.82) is 0 Å². The highest BCUT2D eigenvalue weighted by molar-refractivity contribution is 5.94. The maximum absolute atomic E-state index is 12.8. The van der Waals surface area contributed by atoms with Gasteiger partial charge in [0, 0.05) is 50.7 Å². The van der Waals surface area contributed by atoms with Crippen LogP contribution in [0, 0.1) is 23.2 Å². The van der Waals surface area contributed by atoms with Gasteiger partial charge in [-0.1, -0.05) is 0 Å². The molecular weight excluding hydrogens is 328 g/mol. The molecule has 0 aromatic carbocycles. The first-order chi connectivity index (χ1) is 12.7. The second-order valence-corrected chi connectivity index (χ2v) is 9.17. The van der Waals surface area contributed by atoms with Gasteiger partial charge in [-0.05, 0) is 50.0 Å². The molecule has 26 heavy (non-hydrogen) atoms. The third-order valence-corrected chi connectivity index (χ3v) is 6.91. The third kappa shape index (κ3) is 3.44. The minimum absolute atomic E-state index is 0.119. The van der Waals surface area contributed by atoms with Crippen LogP contribution in [-0.4, -0.2) is 61.6 Å². The summed E-state index contributed by atoms with van der Waals surface area (Å²) >= 11 is 0. The van der Waals surface area contributed by atoms with E-state index in [0.717, 1.165) is 57.6 Å². The number of furan rings is 1. The van der Waals surface area contributed by atoms with E-state index in [1.54, 1.807) is 18.6 Å². The van der Waals surface area contributed by atoms with E-state index in [1.807, 2.05) is 4.90 Å². The van der Waals surface area contributed by atoms with E-state index in [0.29, 0.717) is 11.5 Å². The van der Waals surface area contributed by atoms with Crippen LogP contribution in [0.2, 0.25) is 0 Å². The van der Waals surface area contributed by atoms with E-state index in [9.17, 15) is 4.79 Å². The maximum atomic E-state index is 12.8. The van der Waals surface area contributed by atoms with Gasteiger partial charge in [-0.2, -0.15) is 0 Å². The molecule has 5 nitrogen and oxygen atoms in total. The lowest BCUT2D eigenvalue weighted by Crippen LogP contribution is -2.38. The van der Waals surface area contributed by atoms with Gasteiger partial charge in [0.1, 0.15) is 6.26 Å². The van der Waals surface area contributed by atoms with Crippen molar-refractivity contribution in [2.75, 3.05) is 45.9 Å². The Balaban J connectivity index is 1.26. The first kappa shape index (κ1) is 16.8. The molecule has 4 aliphatic rings. The number of ether oxygens (including phenoxy) is 1. The minimum atomic E-state index is 0.119. The fourth-order valence-corrected chi connectivity index (χ4v) is 4.94. The number of hydrogen-bond donors (Lipinski definition) is 0. The van der Waals surface area contributed by atoms with Gasteiger partial charge in [0.15, 0.2) is 0 Å². The van der Waals surface area contributed by atoms with E-state index >= 15 is 0 Å². The zero-order valence-corrected chi connectivity index (χ0v) is 15.6.